The molecule has 0 saturated carbocycles. The zero-order valence-corrected chi connectivity index (χ0v) is 10.2. The van der Waals surface area contributed by atoms with Gasteiger partial charge >= 0.3 is 5.97 Å². The highest BCUT2D eigenvalue weighted by Gasteiger charge is 2.40. The molecule has 1 aliphatic rings. The summed E-state index contributed by atoms with van der Waals surface area (Å²) in [7, 11) is 0. The van der Waals surface area contributed by atoms with E-state index in [0.29, 0.717) is 10.5 Å². The van der Waals surface area contributed by atoms with Crippen LogP contribution in [-0.2, 0) is 14.4 Å². The molecule has 0 bridgehead atoms. The Bertz CT molecular complexity index is 612. The number of hydrogen-bond acceptors (Lipinski definition) is 5. The third-order valence-corrected chi connectivity index (χ3v) is 3.02. The van der Waals surface area contributed by atoms with Crippen LogP contribution in [0.4, 0.5) is 5.69 Å². The molecule has 1 N–H and O–H groups in total. The van der Waals surface area contributed by atoms with E-state index in [1.54, 1.807) is 0 Å². The zero-order chi connectivity index (χ0) is 14.9. The highest BCUT2D eigenvalue weighted by atomic mass is 16.6. The first-order chi connectivity index (χ1) is 9.40. The summed E-state index contributed by atoms with van der Waals surface area (Å²) in [5.74, 6) is -3.38. The number of likely N-dealkylation sites (tertiary alicyclic amines) is 1. The van der Waals surface area contributed by atoms with Gasteiger partial charge in [0.15, 0.2) is 0 Å². The summed E-state index contributed by atoms with van der Waals surface area (Å²) < 4.78 is 0. The molecule has 2 amide bonds. The summed E-state index contributed by atoms with van der Waals surface area (Å²) in [4.78, 5) is 45.0. The van der Waals surface area contributed by atoms with E-state index in [9.17, 15) is 24.5 Å². The van der Waals surface area contributed by atoms with Crippen molar-refractivity contribution in [3.8, 4) is 0 Å². The van der Waals surface area contributed by atoms with Crippen LogP contribution in [0.2, 0.25) is 0 Å². The molecule has 1 unspecified atom stereocenters. The minimum atomic E-state index is -1.29. The standard InChI is InChI=1S/C12H10N2O6/c15-10-5-9(12(18)13(10)6-11(16)17)7-2-1-3-8(4-7)14(19)20/h1-4,9H,5-6H2,(H,16,17). The number of hydrogen-bond donors (Lipinski definition) is 1. The van der Waals surface area contributed by atoms with Crippen molar-refractivity contribution in [2.45, 2.75) is 12.3 Å². The normalized spacial score (nSPS) is 18.4. The number of carbonyl (C=O) groups excluding carboxylic acids is 2. The van der Waals surface area contributed by atoms with Crippen molar-refractivity contribution in [3.63, 3.8) is 0 Å². The van der Waals surface area contributed by atoms with E-state index in [2.05, 4.69) is 0 Å². The van der Waals surface area contributed by atoms with Crippen LogP contribution in [0.15, 0.2) is 24.3 Å². The average molecular weight is 278 g/mol. The summed E-state index contributed by atoms with van der Waals surface area (Å²) in [6.45, 7) is -0.691. The van der Waals surface area contributed by atoms with Crippen LogP contribution in [0, 0.1) is 10.1 Å². The summed E-state index contributed by atoms with van der Waals surface area (Å²) >= 11 is 0. The number of carbonyl (C=O) groups is 3. The van der Waals surface area contributed by atoms with Crippen molar-refractivity contribution < 1.29 is 24.4 Å². The van der Waals surface area contributed by atoms with Gasteiger partial charge in [0.05, 0.1) is 10.8 Å². The number of nitro groups is 1. The van der Waals surface area contributed by atoms with E-state index in [1.807, 2.05) is 0 Å². The second kappa shape index (κ2) is 5.08. The maximum atomic E-state index is 12.0. The van der Waals surface area contributed by atoms with Crippen LogP contribution < -0.4 is 0 Å². The molecular formula is C12H10N2O6. The zero-order valence-electron chi connectivity index (χ0n) is 10.2. The molecule has 1 aliphatic heterocycles. The number of non-ortho nitro benzene ring substituents is 1. The van der Waals surface area contributed by atoms with Gasteiger partial charge in [-0.25, -0.2) is 0 Å². The summed E-state index contributed by atoms with van der Waals surface area (Å²) in [5.41, 5.74) is 0.157. The van der Waals surface area contributed by atoms with Crippen LogP contribution in [-0.4, -0.2) is 39.3 Å². The third kappa shape index (κ3) is 2.48. The Morgan fingerprint density at radius 2 is 2.15 bits per heavy atom. The smallest absolute Gasteiger partial charge is 0.323 e. The SMILES string of the molecule is O=C(O)CN1C(=O)CC(c2cccc([N+](=O)[O-])c2)C1=O. The maximum Gasteiger partial charge on any atom is 0.323 e. The van der Waals surface area contributed by atoms with E-state index in [4.69, 9.17) is 5.11 Å². The van der Waals surface area contributed by atoms with Crippen LogP contribution in [0.3, 0.4) is 0 Å². The predicted octanol–water partition coefficient (Wildman–Crippen LogP) is 0.522. The van der Waals surface area contributed by atoms with Crippen LogP contribution in [0.25, 0.3) is 0 Å². The monoisotopic (exact) mass is 278 g/mol. The quantitative estimate of drug-likeness (QED) is 0.487. The molecule has 8 heteroatoms. The van der Waals surface area contributed by atoms with Crippen molar-refractivity contribution in [1.29, 1.82) is 0 Å². The summed E-state index contributed by atoms with van der Waals surface area (Å²) in [6, 6.07) is 5.43. The Labute approximate surface area is 112 Å². The molecule has 1 atom stereocenters. The first kappa shape index (κ1) is 13.7. The van der Waals surface area contributed by atoms with Crippen molar-refractivity contribution in [2.24, 2.45) is 0 Å². The van der Waals surface area contributed by atoms with Gasteiger partial charge in [0.2, 0.25) is 11.8 Å². The minimum Gasteiger partial charge on any atom is -0.480 e. The van der Waals surface area contributed by atoms with Crippen molar-refractivity contribution in [3.05, 3.63) is 39.9 Å². The lowest BCUT2D eigenvalue weighted by molar-refractivity contribution is -0.384. The number of amides is 2. The van der Waals surface area contributed by atoms with Crippen molar-refractivity contribution >= 4 is 23.5 Å². The van der Waals surface area contributed by atoms with Gasteiger partial charge in [0, 0.05) is 18.6 Å². The van der Waals surface area contributed by atoms with Crippen LogP contribution >= 0.6 is 0 Å². The largest absolute Gasteiger partial charge is 0.480 e. The molecule has 1 aromatic carbocycles. The van der Waals surface area contributed by atoms with E-state index in [1.165, 1.54) is 24.3 Å². The fourth-order valence-electron chi connectivity index (χ4n) is 2.10. The molecule has 1 heterocycles. The van der Waals surface area contributed by atoms with Crippen LogP contribution in [0.5, 0.6) is 0 Å². The van der Waals surface area contributed by atoms with E-state index >= 15 is 0 Å². The Morgan fingerprint density at radius 3 is 2.75 bits per heavy atom. The minimum absolute atomic E-state index is 0.173. The van der Waals surface area contributed by atoms with Gasteiger partial charge in [-0.1, -0.05) is 12.1 Å². The third-order valence-electron chi connectivity index (χ3n) is 3.02. The highest BCUT2D eigenvalue weighted by molar-refractivity contribution is 6.07. The second-order valence-corrected chi connectivity index (χ2v) is 4.32. The van der Waals surface area contributed by atoms with Crippen molar-refractivity contribution in [2.75, 3.05) is 6.54 Å². The molecule has 8 nitrogen and oxygen atoms in total. The number of aliphatic carboxylic acids is 1. The number of rotatable bonds is 4. The number of imide groups is 1. The Balaban J connectivity index is 2.28. The number of nitrogens with zero attached hydrogens (tertiary/aromatic N) is 2. The number of benzene rings is 1. The van der Waals surface area contributed by atoms with E-state index < -0.39 is 35.2 Å². The molecular weight excluding hydrogens is 268 g/mol. The Morgan fingerprint density at radius 1 is 1.45 bits per heavy atom. The average Bonchev–Trinajstić information content (AvgIpc) is 2.66. The van der Waals surface area contributed by atoms with E-state index in [-0.39, 0.29) is 12.1 Å². The molecule has 0 aliphatic carbocycles. The molecule has 1 aromatic rings. The topological polar surface area (TPSA) is 118 Å². The molecule has 104 valence electrons. The predicted molar refractivity (Wildman–Crippen MR) is 64.8 cm³/mol. The first-order valence-corrected chi connectivity index (χ1v) is 5.70. The van der Waals surface area contributed by atoms with Crippen molar-refractivity contribution in [1.82, 2.24) is 4.90 Å². The molecule has 1 fully saturated rings. The summed E-state index contributed by atoms with van der Waals surface area (Å²) in [6.07, 6.45) is -0.173. The van der Waals surface area contributed by atoms with Gasteiger partial charge in [-0.3, -0.25) is 29.4 Å². The number of carboxylic acid groups (broad SMARTS) is 1. The molecule has 20 heavy (non-hydrogen) atoms. The van der Waals surface area contributed by atoms with Gasteiger partial charge in [0.1, 0.15) is 6.54 Å². The van der Waals surface area contributed by atoms with Gasteiger partial charge in [-0.15, -0.1) is 0 Å². The molecule has 0 radical (unpaired) electrons. The molecule has 0 aromatic heterocycles. The lowest BCUT2D eigenvalue weighted by atomic mass is 9.97. The van der Waals surface area contributed by atoms with Gasteiger partial charge in [-0.2, -0.15) is 0 Å². The molecule has 0 spiro atoms. The fraction of sp³-hybridized carbons (Fsp3) is 0.250. The second-order valence-electron chi connectivity index (χ2n) is 4.32. The number of carboxylic acids is 1. The Hall–Kier alpha value is -2.77. The molecule has 2 rings (SSSR count). The van der Waals surface area contributed by atoms with Crippen LogP contribution in [0.1, 0.15) is 17.9 Å². The highest BCUT2D eigenvalue weighted by Crippen LogP contribution is 2.31. The van der Waals surface area contributed by atoms with Gasteiger partial charge in [0.25, 0.3) is 5.69 Å². The first-order valence-electron chi connectivity index (χ1n) is 5.70. The maximum absolute atomic E-state index is 12.0. The fourth-order valence-corrected chi connectivity index (χ4v) is 2.10. The lowest BCUT2D eigenvalue weighted by Gasteiger charge is -2.12. The summed E-state index contributed by atoms with van der Waals surface area (Å²) in [5, 5.41) is 19.3. The molecule has 1 saturated heterocycles. The van der Waals surface area contributed by atoms with Gasteiger partial charge < -0.3 is 5.11 Å². The van der Waals surface area contributed by atoms with Gasteiger partial charge in [-0.05, 0) is 5.56 Å². The Kier molecular flexibility index (Phi) is 3.47. The van der Waals surface area contributed by atoms with E-state index in [0.717, 1.165) is 0 Å². The lowest BCUT2D eigenvalue weighted by Crippen LogP contribution is -2.35. The number of nitro benzene ring substituents is 1.